The average molecular weight is 538 g/mol. The molecule has 3 N–H and O–H groups in total. The molecule has 1 heterocycles. The molecule has 0 aliphatic heterocycles. The van der Waals surface area contributed by atoms with E-state index < -0.39 is 35.8 Å². The SMILES string of the molecule is CC(C)C(C)(O)COc1cc(C(=O)NC(CC(=O)O)c2ccc(Cl)cc2Cl)nn1-c1ccccc1F. The summed E-state index contributed by atoms with van der Waals surface area (Å²) in [6.45, 7) is 5.09. The van der Waals surface area contributed by atoms with E-state index in [2.05, 4.69) is 10.4 Å². The van der Waals surface area contributed by atoms with Crippen molar-refractivity contribution in [2.75, 3.05) is 6.61 Å². The number of hydrogen-bond donors (Lipinski definition) is 3. The van der Waals surface area contributed by atoms with E-state index in [1.165, 1.54) is 42.5 Å². The Morgan fingerprint density at radius 2 is 1.89 bits per heavy atom. The van der Waals surface area contributed by atoms with Crippen LogP contribution < -0.4 is 10.1 Å². The maximum atomic E-state index is 14.6. The quantitative estimate of drug-likeness (QED) is 0.333. The van der Waals surface area contributed by atoms with Crippen LogP contribution in [0.25, 0.3) is 5.69 Å². The summed E-state index contributed by atoms with van der Waals surface area (Å²) in [6.07, 6.45) is -0.457. The highest BCUT2D eigenvalue weighted by Gasteiger charge is 2.28. The fourth-order valence-electron chi connectivity index (χ4n) is 3.19. The van der Waals surface area contributed by atoms with Crippen molar-refractivity contribution < 1.29 is 28.9 Å². The van der Waals surface area contributed by atoms with Crippen molar-refractivity contribution in [3.8, 4) is 11.6 Å². The van der Waals surface area contributed by atoms with Gasteiger partial charge in [-0.25, -0.2) is 4.39 Å². The Bertz CT molecular complexity index is 1260. The number of ether oxygens (including phenoxy) is 1. The number of para-hydroxylation sites is 1. The van der Waals surface area contributed by atoms with Gasteiger partial charge in [-0.1, -0.05) is 55.2 Å². The van der Waals surface area contributed by atoms with Gasteiger partial charge >= 0.3 is 5.97 Å². The molecule has 3 aromatic rings. The number of halogens is 3. The topological polar surface area (TPSA) is 114 Å². The molecule has 0 radical (unpaired) electrons. The van der Waals surface area contributed by atoms with E-state index in [0.29, 0.717) is 10.6 Å². The summed E-state index contributed by atoms with van der Waals surface area (Å²) in [4.78, 5) is 24.6. The normalized spacial score (nSPS) is 13.8. The number of nitrogens with one attached hydrogen (secondary N) is 1. The number of aliphatic carboxylic acids is 1. The highest BCUT2D eigenvalue weighted by Crippen LogP contribution is 2.29. The molecular weight excluding hydrogens is 512 g/mol. The first-order chi connectivity index (χ1) is 16.9. The lowest BCUT2D eigenvalue weighted by atomic mass is 9.94. The second-order valence-corrected chi connectivity index (χ2v) is 9.66. The monoisotopic (exact) mass is 537 g/mol. The molecule has 0 aliphatic rings. The second-order valence-electron chi connectivity index (χ2n) is 8.82. The standard InChI is InChI=1S/C25H26Cl2FN3O5/c1-14(2)25(3,35)13-36-22-11-20(30-31(22)21-7-5-4-6-18(21)28)24(34)29-19(12-23(32)33)16-9-8-15(26)10-17(16)27/h4-11,14,19,35H,12-13H2,1-3H3,(H,29,34)(H,32,33). The molecule has 0 fully saturated rings. The van der Waals surface area contributed by atoms with Gasteiger partial charge in [-0.3, -0.25) is 9.59 Å². The zero-order valence-electron chi connectivity index (χ0n) is 19.8. The Morgan fingerprint density at radius 3 is 2.50 bits per heavy atom. The number of hydrogen-bond acceptors (Lipinski definition) is 5. The predicted molar refractivity (Wildman–Crippen MR) is 133 cm³/mol. The molecule has 2 aromatic carbocycles. The Hall–Kier alpha value is -3.14. The summed E-state index contributed by atoms with van der Waals surface area (Å²) in [5.41, 5.74) is -0.976. The van der Waals surface area contributed by atoms with Crippen molar-refractivity contribution >= 4 is 35.1 Å². The second kappa shape index (κ2) is 11.3. The van der Waals surface area contributed by atoms with Crippen molar-refractivity contribution in [3.63, 3.8) is 0 Å². The number of carbonyl (C=O) groups is 2. The van der Waals surface area contributed by atoms with Gasteiger partial charge in [0, 0.05) is 16.1 Å². The molecule has 0 bridgehead atoms. The molecule has 3 rings (SSSR count). The minimum atomic E-state index is -1.20. The third-order valence-corrected chi connectivity index (χ3v) is 6.33. The van der Waals surface area contributed by atoms with E-state index in [1.807, 2.05) is 13.8 Å². The summed E-state index contributed by atoms with van der Waals surface area (Å²) >= 11 is 12.2. The fraction of sp³-hybridized carbons (Fsp3) is 0.320. The summed E-state index contributed by atoms with van der Waals surface area (Å²) in [5.74, 6) is -2.63. The number of carboxylic acids is 1. The van der Waals surface area contributed by atoms with E-state index in [4.69, 9.17) is 27.9 Å². The molecule has 1 amide bonds. The van der Waals surface area contributed by atoms with Crippen molar-refractivity contribution in [1.29, 1.82) is 0 Å². The lowest BCUT2D eigenvalue weighted by Gasteiger charge is -2.27. The number of aromatic nitrogens is 2. The third kappa shape index (κ3) is 6.54. The molecule has 2 atom stereocenters. The molecule has 1 aromatic heterocycles. The van der Waals surface area contributed by atoms with Crippen LogP contribution >= 0.6 is 23.2 Å². The molecule has 0 saturated heterocycles. The van der Waals surface area contributed by atoms with Crippen LogP contribution in [0.5, 0.6) is 5.88 Å². The summed E-state index contributed by atoms with van der Waals surface area (Å²) in [5, 5.41) is 27.3. The number of aliphatic hydroxyl groups is 1. The van der Waals surface area contributed by atoms with Crippen LogP contribution in [0.15, 0.2) is 48.5 Å². The number of rotatable bonds is 10. The minimum absolute atomic E-state index is 0.0190. The van der Waals surface area contributed by atoms with E-state index in [0.717, 1.165) is 4.68 Å². The molecule has 11 heteroatoms. The van der Waals surface area contributed by atoms with Crippen LogP contribution in [0.2, 0.25) is 10.0 Å². The maximum absolute atomic E-state index is 14.6. The molecule has 8 nitrogen and oxygen atoms in total. The fourth-order valence-corrected chi connectivity index (χ4v) is 3.73. The first-order valence-corrected chi connectivity index (χ1v) is 11.8. The molecule has 0 spiro atoms. The van der Waals surface area contributed by atoms with Crippen LogP contribution in [0.1, 0.15) is 49.3 Å². The third-order valence-electron chi connectivity index (χ3n) is 5.77. The number of amides is 1. The van der Waals surface area contributed by atoms with Gasteiger partial charge in [0.1, 0.15) is 18.1 Å². The Labute approximate surface area is 217 Å². The van der Waals surface area contributed by atoms with Crippen LogP contribution in [0, 0.1) is 11.7 Å². The number of carbonyl (C=O) groups excluding carboxylic acids is 1. The van der Waals surface area contributed by atoms with E-state index >= 15 is 0 Å². The van der Waals surface area contributed by atoms with Crippen molar-refractivity contribution in [1.82, 2.24) is 15.1 Å². The lowest BCUT2D eigenvalue weighted by Crippen LogP contribution is -2.38. The predicted octanol–water partition coefficient (Wildman–Crippen LogP) is 5.05. The van der Waals surface area contributed by atoms with E-state index in [1.54, 1.807) is 13.0 Å². The van der Waals surface area contributed by atoms with Gasteiger partial charge in [-0.05, 0) is 42.7 Å². The molecule has 192 valence electrons. The van der Waals surface area contributed by atoms with Crippen molar-refractivity contribution in [2.24, 2.45) is 5.92 Å². The summed E-state index contributed by atoms with van der Waals surface area (Å²) < 4.78 is 21.4. The Kier molecular flexibility index (Phi) is 8.60. The average Bonchev–Trinajstić information content (AvgIpc) is 3.21. The number of carboxylic acid groups (broad SMARTS) is 1. The first-order valence-electron chi connectivity index (χ1n) is 11.1. The van der Waals surface area contributed by atoms with Crippen molar-refractivity contribution in [3.05, 3.63) is 75.7 Å². The van der Waals surface area contributed by atoms with Gasteiger partial charge < -0.3 is 20.3 Å². The van der Waals surface area contributed by atoms with E-state index in [9.17, 15) is 24.2 Å². The van der Waals surface area contributed by atoms with Gasteiger partial charge in [0.05, 0.1) is 18.1 Å². The van der Waals surface area contributed by atoms with Gasteiger partial charge in [0.2, 0.25) is 5.88 Å². The summed E-state index contributed by atoms with van der Waals surface area (Å²) in [7, 11) is 0. The molecule has 0 saturated carbocycles. The van der Waals surface area contributed by atoms with Crippen LogP contribution in [-0.2, 0) is 4.79 Å². The van der Waals surface area contributed by atoms with Gasteiger partial charge in [0.15, 0.2) is 5.69 Å². The van der Waals surface area contributed by atoms with Gasteiger partial charge in [-0.15, -0.1) is 0 Å². The number of nitrogens with zero attached hydrogens (tertiary/aromatic N) is 2. The van der Waals surface area contributed by atoms with E-state index in [-0.39, 0.29) is 34.8 Å². The molecular formula is C25H26Cl2FN3O5. The molecule has 0 aliphatic carbocycles. The Balaban J connectivity index is 1.96. The zero-order valence-corrected chi connectivity index (χ0v) is 21.3. The largest absolute Gasteiger partial charge is 0.481 e. The van der Waals surface area contributed by atoms with Crippen LogP contribution in [0.3, 0.4) is 0 Å². The number of benzene rings is 2. The molecule has 2 unspecified atom stereocenters. The van der Waals surface area contributed by atoms with Crippen molar-refractivity contribution in [2.45, 2.75) is 38.8 Å². The highest BCUT2D eigenvalue weighted by molar-refractivity contribution is 6.35. The minimum Gasteiger partial charge on any atom is -0.481 e. The highest BCUT2D eigenvalue weighted by atomic mass is 35.5. The maximum Gasteiger partial charge on any atom is 0.305 e. The zero-order chi connectivity index (χ0) is 26.6. The summed E-state index contributed by atoms with van der Waals surface area (Å²) in [6, 6.07) is 10.6. The Morgan fingerprint density at radius 1 is 1.19 bits per heavy atom. The first kappa shape index (κ1) is 27.4. The van der Waals surface area contributed by atoms with Gasteiger partial charge in [0.25, 0.3) is 5.91 Å². The van der Waals surface area contributed by atoms with Crippen LogP contribution in [-0.4, -0.2) is 44.1 Å². The van der Waals surface area contributed by atoms with Gasteiger partial charge in [-0.2, -0.15) is 9.78 Å². The smallest absolute Gasteiger partial charge is 0.305 e. The lowest BCUT2D eigenvalue weighted by molar-refractivity contribution is -0.137. The van der Waals surface area contributed by atoms with Crippen LogP contribution in [0.4, 0.5) is 4.39 Å². The molecule has 36 heavy (non-hydrogen) atoms.